The third-order valence-electron chi connectivity index (χ3n) is 5.96. The summed E-state index contributed by atoms with van der Waals surface area (Å²) in [4.78, 5) is 20.3. The average Bonchev–Trinajstić information content (AvgIpc) is 3.57. The molecule has 2 aliphatic rings. The van der Waals surface area contributed by atoms with Gasteiger partial charge in [-0.2, -0.15) is 0 Å². The van der Waals surface area contributed by atoms with Crippen LogP contribution < -0.4 is 11.1 Å². The average molecular weight is 397 g/mol. The summed E-state index contributed by atoms with van der Waals surface area (Å²) in [6.45, 7) is 6.84. The minimum absolute atomic E-state index is 0.0807. The fourth-order valence-corrected chi connectivity index (χ4v) is 4.22. The van der Waals surface area contributed by atoms with Crippen molar-refractivity contribution < 1.29 is 9.53 Å². The Labute approximate surface area is 172 Å². The molecule has 1 aromatic carbocycles. The summed E-state index contributed by atoms with van der Waals surface area (Å²) >= 11 is 0. The van der Waals surface area contributed by atoms with Gasteiger partial charge in [0, 0.05) is 24.5 Å². The molecule has 0 radical (unpaired) electrons. The number of nitrogens with zero attached hydrogens (tertiary/aromatic N) is 2. The number of aromatic nitrogens is 1. The van der Waals surface area contributed by atoms with Crippen LogP contribution in [-0.4, -0.2) is 54.2 Å². The lowest BCUT2D eigenvalue weighted by molar-refractivity contribution is -0.148. The molecule has 2 aromatic rings. The SMILES string of the molecule is Cc1ccc2nc([C@@H](C)N(C(=O)[C@H]3CNCCO3)C3CC3)cc(CCCN)c2c1. The molecule has 1 aliphatic carbocycles. The lowest BCUT2D eigenvalue weighted by Gasteiger charge is -2.34. The van der Waals surface area contributed by atoms with E-state index >= 15 is 0 Å². The summed E-state index contributed by atoms with van der Waals surface area (Å²) in [5, 5.41) is 4.46. The van der Waals surface area contributed by atoms with Gasteiger partial charge in [0.05, 0.1) is 23.9 Å². The number of fused-ring (bicyclic) bond motifs is 1. The minimum Gasteiger partial charge on any atom is -0.366 e. The van der Waals surface area contributed by atoms with Crippen LogP contribution in [0.25, 0.3) is 10.9 Å². The van der Waals surface area contributed by atoms with Crippen LogP contribution >= 0.6 is 0 Å². The molecule has 0 unspecified atom stereocenters. The Morgan fingerprint density at radius 1 is 1.38 bits per heavy atom. The molecule has 1 saturated carbocycles. The van der Waals surface area contributed by atoms with Crippen molar-refractivity contribution in [1.29, 1.82) is 0 Å². The van der Waals surface area contributed by atoms with Crippen LogP contribution in [0.4, 0.5) is 0 Å². The largest absolute Gasteiger partial charge is 0.366 e. The van der Waals surface area contributed by atoms with Crippen LogP contribution in [-0.2, 0) is 16.0 Å². The number of nitrogens with two attached hydrogens (primary N) is 1. The number of nitrogens with one attached hydrogen (secondary N) is 1. The molecule has 1 aromatic heterocycles. The highest BCUT2D eigenvalue weighted by Crippen LogP contribution is 2.36. The molecule has 2 heterocycles. The predicted molar refractivity (Wildman–Crippen MR) is 115 cm³/mol. The van der Waals surface area contributed by atoms with Crippen molar-refractivity contribution >= 4 is 16.8 Å². The molecule has 2 fully saturated rings. The molecule has 4 rings (SSSR count). The van der Waals surface area contributed by atoms with Gasteiger partial charge < -0.3 is 20.7 Å². The number of ether oxygens (including phenoxy) is 1. The number of benzene rings is 1. The number of carbonyl (C=O) groups excluding carboxylic acids is 1. The molecular formula is C23H32N4O2. The Morgan fingerprint density at radius 2 is 2.21 bits per heavy atom. The lowest BCUT2D eigenvalue weighted by atomic mass is 9.99. The molecule has 1 aliphatic heterocycles. The first-order valence-electron chi connectivity index (χ1n) is 10.8. The fourth-order valence-electron chi connectivity index (χ4n) is 4.22. The number of aryl methyl sites for hydroxylation is 2. The molecule has 6 nitrogen and oxygen atoms in total. The predicted octanol–water partition coefficient (Wildman–Crippen LogP) is 2.47. The van der Waals surface area contributed by atoms with Crippen molar-refractivity contribution in [3.63, 3.8) is 0 Å². The van der Waals surface area contributed by atoms with Crippen molar-refractivity contribution in [2.75, 3.05) is 26.2 Å². The van der Waals surface area contributed by atoms with E-state index in [0.717, 1.165) is 43.4 Å². The van der Waals surface area contributed by atoms with Gasteiger partial charge in [-0.3, -0.25) is 9.78 Å². The Morgan fingerprint density at radius 3 is 2.90 bits per heavy atom. The maximum atomic E-state index is 13.3. The summed E-state index contributed by atoms with van der Waals surface area (Å²) in [7, 11) is 0. The summed E-state index contributed by atoms with van der Waals surface area (Å²) in [6.07, 6.45) is 3.58. The Kier molecular flexibility index (Phi) is 6.13. The van der Waals surface area contributed by atoms with Crippen molar-refractivity contribution in [1.82, 2.24) is 15.2 Å². The van der Waals surface area contributed by atoms with Crippen molar-refractivity contribution in [3.05, 3.63) is 41.1 Å². The highest BCUT2D eigenvalue weighted by Gasteiger charge is 2.40. The normalized spacial score (nSPS) is 20.6. The Balaban J connectivity index is 1.67. The first kappa shape index (κ1) is 20.3. The molecule has 1 amide bonds. The van der Waals surface area contributed by atoms with E-state index in [2.05, 4.69) is 43.4 Å². The number of carbonyl (C=O) groups is 1. The van der Waals surface area contributed by atoms with E-state index in [1.54, 1.807) is 0 Å². The third kappa shape index (κ3) is 4.44. The molecule has 0 bridgehead atoms. The van der Waals surface area contributed by atoms with Crippen molar-refractivity contribution in [2.45, 2.75) is 57.7 Å². The fraction of sp³-hybridized carbons (Fsp3) is 0.565. The molecular weight excluding hydrogens is 364 g/mol. The van der Waals surface area contributed by atoms with E-state index in [1.165, 1.54) is 16.5 Å². The van der Waals surface area contributed by atoms with Crippen LogP contribution in [0.15, 0.2) is 24.3 Å². The summed E-state index contributed by atoms with van der Waals surface area (Å²) in [6, 6.07) is 8.79. The molecule has 1 saturated heterocycles. The van der Waals surface area contributed by atoms with Crippen LogP contribution in [0.5, 0.6) is 0 Å². The number of rotatable bonds is 7. The van der Waals surface area contributed by atoms with Crippen LogP contribution in [0.1, 0.15) is 49.0 Å². The van der Waals surface area contributed by atoms with Crippen LogP contribution in [0.3, 0.4) is 0 Å². The zero-order valence-corrected chi connectivity index (χ0v) is 17.5. The molecule has 2 atom stereocenters. The lowest BCUT2D eigenvalue weighted by Crippen LogP contribution is -2.50. The van der Waals surface area contributed by atoms with Gasteiger partial charge in [-0.1, -0.05) is 11.6 Å². The van der Waals surface area contributed by atoms with Crippen LogP contribution in [0, 0.1) is 6.92 Å². The zero-order valence-electron chi connectivity index (χ0n) is 17.5. The molecule has 6 heteroatoms. The van der Waals surface area contributed by atoms with Gasteiger partial charge in [0.2, 0.25) is 0 Å². The second-order valence-corrected chi connectivity index (χ2v) is 8.34. The minimum atomic E-state index is -0.397. The highest BCUT2D eigenvalue weighted by molar-refractivity contribution is 5.84. The van der Waals surface area contributed by atoms with Gasteiger partial charge in [0.15, 0.2) is 0 Å². The summed E-state index contributed by atoms with van der Waals surface area (Å²) in [5.41, 5.74) is 10.2. The highest BCUT2D eigenvalue weighted by atomic mass is 16.5. The topological polar surface area (TPSA) is 80.5 Å². The van der Waals surface area contributed by atoms with Crippen molar-refractivity contribution in [3.8, 4) is 0 Å². The quantitative estimate of drug-likeness (QED) is 0.752. The van der Waals surface area contributed by atoms with Gasteiger partial charge >= 0.3 is 0 Å². The van der Waals surface area contributed by atoms with Gasteiger partial charge in [-0.25, -0.2) is 0 Å². The molecule has 29 heavy (non-hydrogen) atoms. The summed E-state index contributed by atoms with van der Waals surface area (Å²) in [5.74, 6) is 0.0847. The Hall–Kier alpha value is -2.02. The smallest absolute Gasteiger partial charge is 0.253 e. The van der Waals surface area contributed by atoms with Gasteiger partial charge in [0.1, 0.15) is 6.10 Å². The number of hydrogen-bond donors (Lipinski definition) is 2. The molecule has 3 N–H and O–H groups in total. The maximum absolute atomic E-state index is 13.3. The van der Waals surface area contributed by atoms with E-state index in [0.29, 0.717) is 25.7 Å². The molecule has 156 valence electrons. The second kappa shape index (κ2) is 8.78. The number of pyridine rings is 1. The third-order valence-corrected chi connectivity index (χ3v) is 5.96. The first-order valence-corrected chi connectivity index (χ1v) is 10.8. The Bertz CT molecular complexity index is 875. The van der Waals surface area contributed by atoms with Gasteiger partial charge in [-0.15, -0.1) is 0 Å². The van der Waals surface area contributed by atoms with E-state index in [1.807, 2.05) is 4.90 Å². The monoisotopic (exact) mass is 396 g/mol. The van der Waals surface area contributed by atoms with E-state index < -0.39 is 6.10 Å². The second-order valence-electron chi connectivity index (χ2n) is 8.34. The van der Waals surface area contributed by atoms with Crippen LogP contribution in [0.2, 0.25) is 0 Å². The zero-order chi connectivity index (χ0) is 20.4. The van der Waals surface area contributed by atoms with Gasteiger partial charge in [0.25, 0.3) is 5.91 Å². The maximum Gasteiger partial charge on any atom is 0.253 e. The number of morpholine rings is 1. The van der Waals surface area contributed by atoms with Gasteiger partial charge in [-0.05, 0) is 69.8 Å². The number of amides is 1. The standard InChI is InChI=1S/C23H32N4O2/c1-15-5-8-20-19(12-15)17(4-3-9-24)13-21(26-20)16(2)27(18-6-7-18)23(28)22-14-25-10-11-29-22/h5,8,12-13,16,18,22,25H,3-4,6-7,9-11,14,24H2,1-2H3/t16-,22-/m1/s1. The van der Waals surface area contributed by atoms with E-state index in [-0.39, 0.29) is 11.9 Å². The van der Waals surface area contributed by atoms with E-state index in [9.17, 15) is 4.79 Å². The number of hydrogen-bond acceptors (Lipinski definition) is 5. The molecule has 0 spiro atoms. The van der Waals surface area contributed by atoms with Crippen molar-refractivity contribution in [2.24, 2.45) is 5.73 Å². The summed E-state index contributed by atoms with van der Waals surface area (Å²) < 4.78 is 5.76. The van der Waals surface area contributed by atoms with E-state index in [4.69, 9.17) is 15.5 Å². The first-order chi connectivity index (χ1) is 14.1.